The van der Waals surface area contributed by atoms with Crippen LogP contribution in [0.4, 0.5) is 5.69 Å². The molecule has 7 rings (SSSR count). The molecule has 2 heterocycles. The fourth-order valence-electron chi connectivity index (χ4n) is 9.52. The predicted octanol–water partition coefficient (Wildman–Crippen LogP) is 7.63. The molecule has 338 valence electrons. The summed E-state index contributed by atoms with van der Waals surface area (Å²) in [6.07, 6.45) is 13.9. The topological polar surface area (TPSA) is 217 Å². The van der Waals surface area contributed by atoms with Gasteiger partial charge in [-0.2, -0.15) is 29.8 Å². The summed E-state index contributed by atoms with van der Waals surface area (Å²) < 4.78 is 110. The highest BCUT2D eigenvalue weighted by Gasteiger charge is 2.47. The van der Waals surface area contributed by atoms with Crippen LogP contribution in [0.1, 0.15) is 84.6 Å². The average molecular weight is 931 g/mol. The Hall–Kier alpha value is -5.30. The zero-order valence-electron chi connectivity index (χ0n) is 36.1. The second-order valence-corrected chi connectivity index (χ2v) is 20.5. The Morgan fingerprint density at radius 1 is 0.750 bits per heavy atom. The second kappa shape index (κ2) is 17.9. The highest BCUT2D eigenvalue weighted by molar-refractivity contribution is 7.87. The smallest absolute Gasteiger partial charge is 0.301 e. The standard InChI is InChI=1S/C47H51N3O11S3/c1-5-9-10-11-12-19-42(51)47(46(52)48-6-2)28-30(20-22-36-32-15-13-17-34-39(62(53,54)55)25-24-38(43(32)34)49(36)7-3)26-31(29-47)21-23-37-33-16-14-18-35-40(63(56,57)58)27-41(64(59,60)61)45(44(33)35)50(37)8-4/h13-18,20-27H,5-12,19,28-29H2,1-4H3,(H3-,48,52,53,54,55,56,57,58,59,60,61)/p+1. The molecule has 0 saturated carbocycles. The van der Waals surface area contributed by atoms with Crippen molar-refractivity contribution in [2.75, 3.05) is 13.1 Å². The zero-order chi connectivity index (χ0) is 46.4. The highest BCUT2D eigenvalue weighted by Crippen LogP contribution is 2.45. The number of benzene rings is 4. The quantitative estimate of drug-likeness (QED) is 0.0308. The van der Waals surface area contributed by atoms with Crippen molar-refractivity contribution < 1.29 is 53.1 Å². The molecule has 1 atom stereocenters. The summed E-state index contributed by atoms with van der Waals surface area (Å²) in [6, 6.07) is 13.7. The largest absolute Gasteiger partial charge is 0.355 e. The lowest BCUT2D eigenvalue weighted by atomic mass is 9.67. The van der Waals surface area contributed by atoms with Gasteiger partial charge in [-0.3, -0.25) is 23.2 Å². The molecule has 4 aromatic carbocycles. The summed E-state index contributed by atoms with van der Waals surface area (Å²) in [6.45, 7) is 8.59. The molecule has 64 heavy (non-hydrogen) atoms. The van der Waals surface area contributed by atoms with Crippen molar-refractivity contribution in [2.24, 2.45) is 5.41 Å². The van der Waals surface area contributed by atoms with Crippen LogP contribution < -0.4 is 10.7 Å². The van der Waals surface area contributed by atoms with Crippen LogP contribution >= 0.6 is 0 Å². The monoisotopic (exact) mass is 930 g/mol. The number of unbranched alkanes of at least 4 members (excludes halogenated alkanes) is 4. The van der Waals surface area contributed by atoms with Gasteiger partial charge in [0, 0.05) is 58.0 Å². The molecule has 1 aromatic heterocycles. The number of rotatable bonds is 17. The van der Waals surface area contributed by atoms with E-state index in [0.717, 1.165) is 48.0 Å². The van der Waals surface area contributed by atoms with E-state index in [1.165, 1.54) is 12.1 Å². The number of nitrogens with one attached hydrogen (secondary N) is 1. The lowest BCUT2D eigenvalue weighted by Gasteiger charge is -2.35. The minimum Gasteiger partial charge on any atom is -0.355 e. The third-order valence-corrected chi connectivity index (χ3v) is 15.0. The van der Waals surface area contributed by atoms with Crippen molar-refractivity contribution in [2.45, 2.75) is 100 Å². The number of ketones is 1. The van der Waals surface area contributed by atoms with Crippen molar-refractivity contribution in [3.63, 3.8) is 0 Å². The minimum absolute atomic E-state index is 0.0409. The van der Waals surface area contributed by atoms with Gasteiger partial charge in [0.2, 0.25) is 17.3 Å². The lowest BCUT2D eigenvalue weighted by molar-refractivity contribution is -0.433. The molecule has 0 saturated heterocycles. The van der Waals surface area contributed by atoms with E-state index < -0.39 is 51.5 Å². The van der Waals surface area contributed by atoms with Gasteiger partial charge >= 0.3 is 10.1 Å². The number of carbonyl (C=O) groups is 2. The number of aromatic nitrogens is 1. The Kier molecular flexibility index (Phi) is 13.1. The number of allylic oxidation sites excluding steroid dienone is 6. The number of Topliss-reactive ketones (excluding diaryl/α,β-unsaturated/α-hetero) is 1. The van der Waals surface area contributed by atoms with Gasteiger partial charge in [-0.05, 0) is 81.5 Å². The van der Waals surface area contributed by atoms with Crippen LogP contribution in [0.2, 0.25) is 0 Å². The maximum atomic E-state index is 14.6. The van der Waals surface area contributed by atoms with Crippen LogP contribution in [0.15, 0.2) is 105 Å². The molecular formula is C47H52N3O11S3+. The van der Waals surface area contributed by atoms with Crippen LogP contribution in [0.25, 0.3) is 38.5 Å². The Bertz CT molecular complexity index is 3290. The number of carbonyl (C=O) groups excluding carboxylic acids is 2. The van der Waals surface area contributed by atoms with E-state index in [1.54, 1.807) is 60.9 Å². The van der Waals surface area contributed by atoms with Gasteiger partial charge in [0.05, 0.1) is 10.9 Å². The molecule has 0 spiro atoms. The first kappa shape index (κ1) is 46.7. The molecule has 4 N–H and O–H groups in total. The molecule has 1 aliphatic carbocycles. The van der Waals surface area contributed by atoms with E-state index in [2.05, 4.69) is 12.2 Å². The summed E-state index contributed by atoms with van der Waals surface area (Å²) in [5.74, 6) is -0.608. The summed E-state index contributed by atoms with van der Waals surface area (Å²) in [5, 5.41) is 5.70. The molecule has 1 unspecified atom stereocenters. The third-order valence-electron chi connectivity index (χ3n) is 12.3. The van der Waals surface area contributed by atoms with E-state index >= 15 is 0 Å². The number of hydrogen-bond donors (Lipinski definition) is 4. The predicted molar refractivity (Wildman–Crippen MR) is 247 cm³/mol. The summed E-state index contributed by atoms with van der Waals surface area (Å²) in [5.41, 5.74) is 1.44. The molecule has 0 fully saturated rings. The maximum Gasteiger partial charge on any atom is 0.301 e. The fourth-order valence-corrected chi connectivity index (χ4v) is 11.7. The molecule has 14 nitrogen and oxygen atoms in total. The molecular weight excluding hydrogens is 879 g/mol. The van der Waals surface area contributed by atoms with Crippen molar-refractivity contribution >= 4 is 92.0 Å². The van der Waals surface area contributed by atoms with Crippen molar-refractivity contribution in [1.82, 2.24) is 9.88 Å². The minimum atomic E-state index is -5.01. The fraction of sp³-hybridized carbons (Fsp3) is 0.340. The van der Waals surface area contributed by atoms with Crippen LogP contribution in [0.3, 0.4) is 0 Å². The first-order valence-corrected chi connectivity index (χ1v) is 25.7. The number of hydrogen-bond acceptors (Lipinski definition) is 8. The third kappa shape index (κ3) is 8.52. The van der Waals surface area contributed by atoms with Gasteiger partial charge in [0.1, 0.15) is 27.5 Å². The molecule has 1 amide bonds. The Balaban J connectivity index is 1.43. The molecule has 17 heteroatoms. The zero-order valence-corrected chi connectivity index (χ0v) is 38.5. The first-order valence-electron chi connectivity index (χ1n) is 21.4. The van der Waals surface area contributed by atoms with E-state index in [0.29, 0.717) is 46.2 Å². The van der Waals surface area contributed by atoms with Crippen LogP contribution in [-0.4, -0.2) is 78.5 Å². The van der Waals surface area contributed by atoms with Crippen LogP contribution in [0.5, 0.6) is 0 Å². The van der Waals surface area contributed by atoms with E-state index in [4.69, 9.17) is 0 Å². The van der Waals surface area contributed by atoms with Gasteiger partial charge in [-0.25, -0.2) is 0 Å². The van der Waals surface area contributed by atoms with Crippen LogP contribution in [-0.2, 0) is 46.5 Å². The Morgan fingerprint density at radius 2 is 1.41 bits per heavy atom. The highest BCUT2D eigenvalue weighted by atomic mass is 32.2. The normalized spacial score (nSPS) is 18.1. The Morgan fingerprint density at radius 3 is 2.05 bits per heavy atom. The molecule has 0 bridgehead atoms. The van der Waals surface area contributed by atoms with E-state index in [1.807, 2.05) is 35.8 Å². The molecule has 5 aromatic rings. The van der Waals surface area contributed by atoms with Gasteiger partial charge < -0.3 is 9.88 Å². The van der Waals surface area contributed by atoms with Gasteiger partial charge in [0.25, 0.3) is 20.2 Å². The molecule has 1 aliphatic heterocycles. The maximum absolute atomic E-state index is 14.6. The van der Waals surface area contributed by atoms with Crippen molar-refractivity contribution in [1.29, 1.82) is 0 Å². The first-order chi connectivity index (χ1) is 30.3. The Labute approximate surface area is 373 Å². The number of aryl methyl sites for hydroxylation is 1. The van der Waals surface area contributed by atoms with Crippen molar-refractivity contribution in [3.05, 3.63) is 101 Å². The molecule has 2 aliphatic rings. The second-order valence-electron chi connectivity index (χ2n) is 16.3. The summed E-state index contributed by atoms with van der Waals surface area (Å²) in [4.78, 5) is 27.4. The number of amides is 1. The number of nitrogens with zero attached hydrogens (tertiary/aromatic N) is 2. The van der Waals surface area contributed by atoms with E-state index in [9.17, 15) is 48.5 Å². The van der Waals surface area contributed by atoms with E-state index in [-0.39, 0.29) is 59.5 Å². The summed E-state index contributed by atoms with van der Waals surface area (Å²) in [7, 11) is -14.5. The SMILES string of the molecule is CCCCCCCC(=O)C1(C(=O)NCC)CC(=CC=c2c3cccc4c(S(=O)(=O)O)ccc(c43)n2CC)C=C(C=CC2=[N+](CC)c3c(S(=O)(=O)O)cc(S(=O)(=O)O)c4cccc2c34)C1. The van der Waals surface area contributed by atoms with Crippen molar-refractivity contribution in [3.8, 4) is 0 Å². The van der Waals surface area contributed by atoms with Crippen LogP contribution in [0, 0.1) is 5.41 Å². The van der Waals surface area contributed by atoms with Gasteiger partial charge in [-0.15, -0.1) is 0 Å². The summed E-state index contributed by atoms with van der Waals surface area (Å²) >= 11 is 0. The van der Waals surface area contributed by atoms with Gasteiger partial charge in [-0.1, -0.05) is 81.2 Å². The molecule has 0 radical (unpaired) electrons. The van der Waals surface area contributed by atoms with Gasteiger partial charge in [0.15, 0.2) is 4.90 Å². The lowest BCUT2D eigenvalue weighted by Crippen LogP contribution is -2.48. The average Bonchev–Trinajstić information content (AvgIpc) is 3.73.